The molecule has 0 aliphatic heterocycles. The van der Waals surface area contributed by atoms with E-state index in [0.29, 0.717) is 11.0 Å². The minimum atomic E-state index is -0.773. The molecule has 0 saturated heterocycles. The van der Waals surface area contributed by atoms with Crippen LogP contribution in [0.15, 0.2) is 57.9 Å². The number of nitrogens with one attached hydrogen (secondary N) is 3. The maximum atomic E-state index is 12.0. The molecule has 0 fully saturated rings. The molecular weight excluding hydrogens is 286 g/mol. The van der Waals surface area contributed by atoms with Crippen LogP contribution in [0.3, 0.4) is 0 Å². The molecule has 2 aromatic heterocycles. The Kier molecular flexibility index (Phi) is 3.45. The van der Waals surface area contributed by atoms with Gasteiger partial charge in [-0.05, 0) is 24.3 Å². The standard InChI is InChI=1S/C15H11N3O4/c19-13(17-18-14(20)11-5-3-7-16-11)10-8-9-4-1-2-6-12(9)22-15(10)21/h1-8,16H,(H,17,19)(H,18,20). The van der Waals surface area contributed by atoms with Crippen molar-refractivity contribution in [3.8, 4) is 0 Å². The average Bonchev–Trinajstić information content (AvgIpc) is 3.06. The number of aromatic amines is 1. The molecule has 7 heteroatoms. The van der Waals surface area contributed by atoms with Crippen molar-refractivity contribution >= 4 is 22.8 Å². The summed E-state index contributed by atoms with van der Waals surface area (Å²) in [4.78, 5) is 38.2. The Morgan fingerprint density at radius 3 is 2.55 bits per heavy atom. The molecular formula is C15H11N3O4. The van der Waals surface area contributed by atoms with Gasteiger partial charge in [0.2, 0.25) is 0 Å². The second kappa shape index (κ2) is 5.57. The van der Waals surface area contributed by atoms with Gasteiger partial charge in [0.25, 0.3) is 11.8 Å². The van der Waals surface area contributed by atoms with Crippen LogP contribution in [0.1, 0.15) is 20.8 Å². The minimum absolute atomic E-state index is 0.189. The molecule has 3 N–H and O–H groups in total. The lowest BCUT2D eigenvalue weighted by Gasteiger charge is -2.06. The molecule has 0 spiro atoms. The van der Waals surface area contributed by atoms with Crippen LogP contribution in [-0.2, 0) is 0 Å². The number of amides is 2. The fourth-order valence-electron chi connectivity index (χ4n) is 1.94. The van der Waals surface area contributed by atoms with E-state index in [1.165, 1.54) is 6.07 Å². The topological polar surface area (TPSA) is 104 Å². The second-order valence-electron chi connectivity index (χ2n) is 4.48. The minimum Gasteiger partial charge on any atom is -0.422 e. The zero-order valence-corrected chi connectivity index (χ0v) is 11.3. The van der Waals surface area contributed by atoms with Crippen LogP contribution in [0.25, 0.3) is 11.0 Å². The molecule has 2 heterocycles. The first-order valence-corrected chi connectivity index (χ1v) is 6.42. The third-order valence-electron chi connectivity index (χ3n) is 3.02. The van der Waals surface area contributed by atoms with Gasteiger partial charge in [-0.3, -0.25) is 20.4 Å². The van der Waals surface area contributed by atoms with Gasteiger partial charge in [0.15, 0.2) is 0 Å². The number of benzene rings is 1. The van der Waals surface area contributed by atoms with Crippen molar-refractivity contribution < 1.29 is 14.0 Å². The van der Waals surface area contributed by atoms with E-state index in [1.807, 2.05) is 0 Å². The average molecular weight is 297 g/mol. The highest BCUT2D eigenvalue weighted by atomic mass is 16.4. The zero-order valence-electron chi connectivity index (χ0n) is 11.3. The zero-order chi connectivity index (χ0) is 15.5. The Morgan fingerprint density at radius 1 is 1.00 bits per heavy atom. The Hall–Kier alpha value is -3.35. The fourth-order valence-corrected chi connectivity index (χ4v) is 1.94. The monoisotopic (exact) mass is 297 g/mol. The first kappa shape index (κ1) is 13.6. The molecule has 0 aliphatic carbocycles. The number of hydrazine groups is 1. The van der Waals surface area contributed by atoms with Crippen LogP contribution in [-0.4, -0.2) is 16.8 Å². The predicted octanol–water partition coefficient (Wildman–Crippen LogP) is 1.20. The van der Waals surface area contributed by atoms with E-state index in [2.05, 4.69) is 15.8 Å². The Morgan fingerprint density at radius 2 is 1.77 bits per heavy atom. The van der Waals surface area contributed by atoms with Crippen molar-refractivity contribution in [2.45, 2.75) is 0 Å². The van der Waals surface area contributed by atoms with Gasteiger partial charge in [-0.2, -0.15) is 0 Å². The van der Waals surface area contributed by atoms with Gasteiger partial charge in [-0.1, -0.05) is 18.2 Å². The van der Waals surface area contributed by atoms with Gasteiger partial charge in [0.1, 0.15) is 16.8 Å². The van der Waals surface area contributed by atoms with Gasteiger partial charge in [-0.15, -0.1) is 0 Å². The Balaban J connectivity index is 1.79. The van der Waals surface area contributed by atoms with Crippen molar-refractivity contribution in [2.75, 3.05) is 0 Å². The summed E-state index contributed by atoms with van der Waals surface area (Å²) in [5, 5.41) is 0.614. The van der Waals surface area contributed by atoms with Crippen LogP contribution >= 0.6 is 0 Å². The Bertz CT molecular complexity index is 897. The molecule has 0 radical (unpaired) electrons. The Labute approximate surface area is 123 Å². The van der Waals surface area contributed by atoms with Crippen LogP contribution in [0.5, 0.6) is 0 Å². The summed E-state index contributed by atoms with van der Waals surface area (Å²) in [7, 11) is 0. The molecule has 0 atom stereocenters. The third-order valence-corrected chi connectivity index (χ3v) is 3.02. The maximum absolute atomic E-state index is 12.0. The van der Waals surface area contributed by atoms with E-state index >= 15 is 0 Å². The lowest BCUT2D eigenvalue weighted by molar-refractivity contribution is 0.0842. The molecule has 2 amide bonds. The van der Waals surface area contributed by atoms with Gasteiger partial charge in [-0.25, -0.2) is 4.79 Å². The first-order valence-electron chi connectivity index (χ1n) is 6.42. The molecule has 110 valence electrons. The van der Waals surface area contributed by atoms with Crippen molar-refractivity contribution in [2.24, 2.45) is 0 Å². The first-order chi connectivity index (χ1) is 10.6. The molecule has 0 aliphatic rings. The highest BCUT2D eigenvalue weighted by molar-refractivity contribution is 5.99. The fraction of sp³-hybridized carbons (Fsp3) is 0. The summed E-state index contributed by atoms with van der Waals surface area (Å²) in [6.07, 6.45) is 1.58. The smallest absolute Gasteiger partial charge is 0.349 e. The van der Waals surface area contributed by atoms with Crippen molar-refractivity contribution in [3.63, 3.8) is 0 Å². The highest BCUT2D eigenvalue weighted by Gasteiger charge is 2.15. The number of hydrogen-bond acceptors (Lipinski definition) is 4. The van der Waals surface area contributed by atoms with E-state index in [-0.39, 0.29) is 11.3 Å². The number of para-hydroxylation sites is 1. The molecule has 3 rings (SSSR count). The van der Waals surface area contributed by atoms with E-state index in [4.69, 9.17) is 4.42 Å². The largest absolute Gasteiger partial charge is 0.422 e. The molecule has 3 aromatic rings. The maximum Gasteiger partial charge on any atom is 0.349 e. The van der Waals surface area contributed by atoms with Gasteiger partial charge >= 0.3 is 5.63 Å². The molecule has 22 heavy (non-hydrogen) atoms. The number of carbonyl (C=O) groups is 2. The number of hydrogen-bond donors (Lipinski definition) is 3. The van der Waals surface area contributed by atoms with Crippen molar-refractivity contribution in [3.05, 3.63) is 70.3 Å². The van der Waals surface area contributed by atoms with Crippen molar-refractivity contribution in [1.29, 1.82) is 0 Å². The van der Waals surface area contributed by atoms with Crippen LogP contribution in [0.2, 0.25) is 0 Å². The molecule has 7 nitrogen and oxygen atoms in total. The molecule has 0 saturated carbocycles. The normalized spacial score (nSPS) is 10.4. The van der Waals surface area contributed by atoms with E-state index in [0.717, 1.165) is 0 Å². The third kappa shape index (κ3) is 2.59. The highest BCUT2D eigenvalue weighted by Crippen LogP contribution is 2.12. The number of carbonyl (C=O) groups excluding carboxylic acids is 2. The second-order valence-corrected chi connectivity index (χ2v) is 4.48. The molecule has 0 unspecified atom stereocenters. The van der Waals surface area contributed by atoms with Gasteiger partial charge in [0, 0.05) is 11.6 Å². The molecule has 1 aromatic carbocycles. The van der Waals surface area contributed by atoms with Gasteiger partial charge < -0.3 is 9.40 Å². The van der Waals surface area contributed by atoms with E-state index < -0.39 is 17.4 Å². The summed E-state index contributed by atoms with van der Waals surface area (Å²) >= 11 is 0. The molecule has 0 bridgehead atoms. The van der Waals surface area contributed by atoms with Gasteiger partial charge in [0.05, 0.1) is 0 Å². The summed E-state index contributed by atoms with van der Waals surface area (Å²) in [5.41, 5.74) is 4.09. The number of aromatic nitrogens is 1. The van der Waals surface area contributed by atoms with Crippen LogP contribution in [0, 0.1) is 0 Å². The predicted molar refractivity (Wildman–Crippen MR) is 78.2 cm³/mol. The summed E-state index contributed by atoms with van der Waals surface area (Å²) in [5.74, 6) is -1.28. The van der Waals surface area contributed by atoms with Crippen LogP contribution < -0.4 is 16.5 Å². The summed E-state index contributed by atoms with van der Waals surface area (Å²) < 4.78 is 5.06. The summed E-state index contributed by atoms with van der Waals surface area (Å²) in [6, 6.07) is 11.4. The quantitative estimate of drug-likeness (QED) is 0.488. The number of H-pyrrole nitrogens is 1. The van der Waals surface area contributed by atoms with E-state index in [9.17, 15) is 14.4 Å². The number of rotatable bonds is 2. The van der Waals surface area contributed by atoms with E-state index in [1.54, 1.807) is 42.6 Å². The lowest BCUT2D eigenvalue weighted by atomic mass is 10.2. The van der Waals surface area contributed by atoms with Crippen molar-refractivity contribution in [1.82, 2.24) is 15.8 Å². The van der Waals surface area contributed by atoms with Crippen LogP contribution in [0.4, 0.5) is 0 Å². The summed E-state index contributed by atoms with van der Waals surface area (Å²) in [6.45, 7) is 0. The number of fused-ring (bicyclic) bond motifs is 1. The SMILES string of the molecule is O=C(NNC(=O)c1cc2ccccc2oc1=O)c1ccc[nH]1. The lowest BCUT2D eigenvalue weighted by Crippen LogP contribution is -2.43.